The van der Waals surface area contributed by atoms with Gasteiger partial charge in [-0.1, -0.05) is 48.0 Å². The molecule has 31 heavy (non-hydrogen) atoms. The van der Waals surface area contributed by atoms with Crippen molar-refractivity contribution in [1.29, 1.82) is 0 Å². The smallest absolute Gasteiger partial charge is 0.256 e. The van der Waals surface area contributed by atoms with Crippen molar-refractivity contribution in [2.75, 3.05) is 0 Å². The van der Waals surface area contributed by atoms with E-state index in [0.717, 1.165) is 16.7 Å². The second kappa shape index (κ2) is 8.04. The molecule has 2 aromatic carbocycles. The molecule has 1 saturated heterocycles. The minimum atomic E-state index is -0.710. The number of amides is 3. The number of hydrogen-bond acceptors (Lipinski definition) is 4. The highest BCUT2D eigenvalue weighted by Gasteiger charge is 2.57. The number of thioether (sulfide) groups is 1. The molecule has 6 nitrogen and oxygen atoms in total. The number of carbonyl (C=O) groups excluding carboxylic acids is 3. The molecule has 0 spiro atoms. The van der Waals surface area contributed by atoms with E-state index in [1.165, 1.54) is 0 Å². The van der Waals surface area contributed by atoms with Crippen molar-refractivity contribution in [2.45, 2.75) is 56.4 Å². The van der Waals surface area contributed by atoms with E-state index >= 15 is 0 Å². The quantitative estimate of drug-likeness (QED) is 0.753. The number of hydrogen-bond donors (Lipinski definition) is 2. The Kier molecular flexibility index (Phi) is 5.56. The van der Waals surface area contributed by atoms with Crippen molar-refractivity contribution < 1.29 is 14.4 Å². The summed E-state index contributed by atoms with van der Waals surface area (Å²) in [5.41, 5.74) is 3.75. The molecule has 1 fully saturated rings. The van der Waals surface area contributed by atoms with Crippen LogP contribution in [-0.4, -0.2) is 39.5 Å². The maximum Gasteiger partial charge on any atom is 0.256 e. The van der Waals surface area contributed by atoms with Gasteiger partial charge in [-0.25, -0.2) is 0 Å². The Morgan fingerprint density at radius 2 is 1.81 bits per heavy atom. The summed E-state index contributed by atoms with van der Waals surface area (Å²) < 4.78 is -0.476. The second-order valence-corrected chi connectivity index (χ2v) is 10.4. The van der Waals surface area contributed by atoms with Crippen LogP contribution in [-0.2, 0) is 16.1 Å². The Bertz CT molecular complexity index is 1030. The lowest BCUT2D eigenvalue weighted by molar-refractivity contribution is -0.131. The zero-order chi connectivity index (χ0) is 22.3. The van der Waals surface area contributed by atoms with Gasteiger partial charge in [0.15, 0.2) is 0 Å². The molecule has 0 aromatic heterocycles. The van der Waals surface area contributed by atoms with Crippen LogP contribution in [0.15, 0.2) is 48.5 Å². The van der Waals surface area contributed by atoms with E-state index in [0.29, 0.717) is 12.1 Å². The molecule has 2 aromatic rings. The number of rotatable bonds is 5. The van der Waals surface area contributed by atoms with Crippen molar-refractivity contribution in [3.05, 3.63) is 70.8 Å². The maximum absolute atomic E-state index is 13.2. The normalized spacial score (nSPS) is 21.9. The largest absolute Gasteiger partial charge is 0.350 e. The first kappa shape index (κ1) is 21.4. The van der Waals surface area contributed by atoms with E-state index in [4.69, 9.17) is 0 Å². The van der Waals surface area contributed by atoms with Crippen molar-refractivity contribution in [3.63, 3.8) is 0 Å². The Morgan fingerprint density at radius 1 is 1.13 bits per heavy atom. The van der Waals surface area contributed by atoms with E-state index in [1.807, 2.05) is 63.2 Å². The average Bonchev–Trinajstić information content (AvgIpc) is 3.16. The van der Waals surface area contributed by atoms with E-state index in [-0.39, 0.29) is 23.1 Å². The van der Waals surface area contributed by atoms with Crippen LogP contribution in [0.2, 0.25) is 0 Å². The fourth-order valence-corrected chi connectivity index (χ4v) is 5.80. The van der Waals surface area contributed by atoms with Crippen LogP contribution in [0.5, 0.6) is 0 Å². The van der Waals surface area contributed by atoms with Crippen molar-refractivity contribution >= 4 is 29.5 Å². The summed E-state index contributed by atoms with van der Waals surface area (Å²) in [5, 5.41) is 5.51. The third kappa shape index (κ3) is 3.94. The predicted molar refractivity (Wildman–Crippen MR) is 121 cm³/mol. The highest BCUT2D eigenvalue weighted by atomic mass is 32.2. The van der Waals surface area contributed by atoms with Crippen LogP contribution in [0.4, 0.5) is 0 Å². The van der Waals surface area contributed by atoms with E-state index in [2.05, 4.69) is 10.6 Å². The highest BCUT2D eigenvalue weighted by Crippen LogP contribution is 2.56. The van der Waals surface area contributed by atoms with Crippen LogP contribution in [0.25, 0.3) is 0 Å². The van der Waals surface area contributed by atoms with Gasteiger partial charge in [-0.2, -0.15) is 0 Å². The first-order valence-corrected chi connectivity index (χ1v) is 11.3. The summed E-state index contributed by atoms with van der Waals surface area (Å²) in [7, 11) is 0. The molecule has 3 amide bonds. The molecule has 0 unspecified atom stereocenters. The van der Waals surface area contributed by atoms with Crippen LogP contribution in [0.3, 0.4) is 0 Å². The van der Waals surface area contributed by atoms with E-state index in [1.54, 1.807) is 29.7 Å². The lowest BCUT2D eigenvalue weighted by atomic mass is 10.0. The van der Waals surface area contributed by atoms with Gasteiger partial charge >= 0.3 is 0 Å². The zero-order valence-corrected chi connectivity index (χ0v) is 19.0. The predicted octanol–water partition coefficient (Wildman–Crippen LogP) is 3.16. The standard InChI is InChI=1S/C24H27N3O3S/c1-14-9-11-16(12-10-14)13-25-20(28)15(2)26-21(29)19-24(3,4)31-23-18-8-6-5-7-17(18)22(30)27(19)23/h5-12,15,19,23H,13H2,1-4H3,(H,25,28)(H,26,29)/t15-,19+,23+/m0/s1. The topological polar surface area (TPSA) is 78.5 Å². The third-order valence-corrected chi connectivity index (χ3v) is 7.42. The Labute approximate surface area is 186 Å². The lowest BCUT2D eigenvalue weighted by Crippen LogP contribution is -2.56. The number of nitrogens with zero attached hydrogens (tertiary/aromatic N) is 1. The summed E-state index contributed by atoms with van der Waals surface area (Å²) >= 11 is 1.61. The number of fused-ring (bicyclic) bond motifs is 3. The molecule has 4 rings (SSSR count). The van der Waals surface area contributed by atoms with Gasteiger partial charge in [-0.05, 0) is 44.9 Å². The number of nitrogens with one attached hydrogen (secondary N) is 2. The molecule has 2 N–H and O–H groups in total. The SMILES string of the molecule is Cc1ccc(CNC(=O)[C@H](C)NC(=O)[C@H]2N3C(=O)c4ccccc4[C@H]3SC2(C)C)cc1. The summed E-state index contributed by atoms with van der Waals surface area (Å²) in [6.07, 6.45) is 0. The van der Waals surface area contributed by atoms with E-state index < -0.39 is 16.8 Å². The average molecular weight is 438 g/mol. The van der Waals surface area contributed by atoms with Crippen LogP contribution < -0.4 is 10.6 Å². The molecule has 2 aliphatic heterocycles. The van der Waals surface area contributed by atoms with Gasteiger partial charge in [0.05, 0.1) is 0 Å². The molecule has 3 atom stereocenters. The summed E-state index contributed by atoms with van der Waals surface area (Å²) in [4.78, 5) is 40.5. The summed E-state index contributed by atoms with van der Waals surface area (Å²) in [6, 6.07) is 14.1. The number of aryl methyl sites for hydroxylation is 1. The molecular weight excluding hydrogens is 410 g/mol. The highest BCUT2D eigenvalue weighted by molar-refractivity contribution is 8.01. The molecule has 0 bridgehead atoms. The fraction of sp³-hybridized carbons (Fsp3) is 0.375. The first-order valence-electron chi connectivity index (χ1n) is 10.4. The molecule has 7 heteroatoms. The Hall–Kier alpha value is -2.80. The van der Waals surface area contributed by atoms with E-state index in [9.17, 15) is 14.4 Å². The number of carbonyl (C=O) groups is 3. The Balaban J connectivity index is 1.43. The molecule has 0 radical (unpaired) electrons. The first-order chi connectivity index (χ1) is 14.7. The summed E-state index contributed by atoms with van der Waals surface area (Å²) in [6.45, 7) is 8.01. The monoisotopic (exact) mass is 437 g/mol. The van der Waals surface area contributed by atoms with Gasteiger partial charge < -0.3 is 15.5 Å². The fourth-order valence-electron chi connectivity index (χ4n) is 4.21. The van der Waals surface area contributed by atoms with Gasteiger partial charge in [0.1, 0.15) is 17.5 Å². The minimum absolute atomic E-state index is 0.129. The molecule has 0 saturated carbocycles. The molecule has 2 aliphatic rings. The molecule has 0 aliphatic carbocycles. The molecular formula is C24H27N3O3S. The van der Waals surface area contributed by atoms with Crippen LogP contribution in [0, 0.1) is 6.92 Å². The van der Waals surface area contributed by atoms with Crippen molar-refractivity contribution in [1.82, 2.24) is 15.5 Å². The summed E-state index contributed by atoms with van der Waals surface area (Å²) in [5.74, 6) is -0.695. The minimum Gasteiger partial charge on any atom is -0.350 e. The number of benzene rings is 2. The van der Waals surface area contributed by atoms with Crippen LogP contribution in [0.1, 0.15) is 53.2 Å². The van der Waals surface area contributed by atoms with Gasteiger partial charge in [0, 0.05) is 16.9 Å². The van der Waals surface area contributed by atoms with Gasteiger partial charge in [0.2, 0.25) is 11.8 Å². The molecule has 162 valence electrons. The van der Waals surface area contributed by atoms with Gasteiger partial charge in [-0.3, -0.25) is 14.4 Å². The second-order valence-electron chi connectivity index (χ2n) is 8.71. The lowest BCUT2D eigenvalue weighted by Gasteiger charge is -2.30. The van der Waals surface area contributed by atoms with Crippen LogP contribution >= 0.6 is 11.8 Å². The van der Waals surface area contributed by atoms with Crippen molar-refractivity contribution in [2.24, 2.45) is 0 Å². The third-order valence-electron chi connectivity index (χ3n) is 5.88. The maximum atomic E-state index is 13.2. The van der Waals surface area contributed by atoms with Gasteiger partial charge in [-0.15, -0.1) is 11.8 Å². The van der Waals surface area contributed by atoms with Gasteiger partial charge in [0.25, 0.3) is 5.91 Å². The zero-order valence-electron chi connectivity index (χ0n) is 18.1. The Morgan fingerprint density at radius 3 is 2.52 bits per heavy atom. The molecule has 2 heterocycles. The van der Waals surface area contributed by atoms with Crippen molar-refractivity contribution in [3.8, 4) is 0 Å².